The second-order valence-electron chi connectivity index (χ2n) is 6.98. The standard InChI is InChI=1S/C18H27N5O2S/c1-21(2)12-17(24)16-9-14-11-22(6-4-7-23(14)20-16)13-18(25)19-10-15-5-3-8-26-15/h3,5,8-9,17,24H,4,6-7,10-13H2,1-2H3,(H,19,25)/t17-/m0/s1. The molecule has 1 atom stereocenters. The molecule has 0 fully saturated rings. The average Bonchev–Trinajstić information content (AvgIpc) is 3.19. The normalized spacial score (nSPS) is 16.3. The van der Waals surface area contributed by atoms with Crippen molar-refractivity contribution in [2.45, 2.75) is 32.2 Å². The average molecular weight is 378 g/mol. The van der Waals surface area contributed by atoms with Crippen LogP contribution in [-0.2, 0) is 24.4 Å². The number of carbonyl (C=O) groups excluding carboxylic acids is 1. The van der Waals surface area contributed by atoms with Gasteiger partial charge in [0, 0.05) is 31.1 Å². The number of nitrogens with one attached hydrogen (secondary N) is 1. The summed E-state index contributed by atoms with van der Waals surface area (Å²) in [6.07, 6.45) is 0.350. The van der Waals surface area contributed by atoms with Crippen LogP contribution < -0.4 is 5.32 Å². The van der Waals surface area contributed by atoms with Crippen LogP contribution in [0.3, 0.4) is 0 Å². The zero-order valence-electron chi connectivity index (χ0n) is 15.4. The second-order valence-corrected chi connectivity index (χ2v) is 8.01. The third-order valence-corrected chi connectivity index (χ3v) is 5.28. The van der Waals surface area contributed by atoms with E-state index in [9.17, 15) is 9.90 Å². The molecule has 8 heteroatoms. The van der Waals surface area contributed by atoms with E-state index >= 15 is 0 Å². The fourth-order valence-corrected chi connectivity index (χ4v) is 3.79. The summed E-state index contributed by atoms with van der Waals surface area (Å²) in [5, 5.41) is 19.8. The molecule has 2 aromatic heterocycles. The lowest BCUT2D eigenvalue weighted by Gasteiger charge is -2.18. The number of aliphatic hydroxyl groups is 1. The Morgan fingerprint density at radius 3 is 3.04 bits per heavy atom. The number of thiophene rings is 1. The predicted octanol–water partition coefficient (Wildman–Crippen LogP) is 1.06. The topological polar surface area (TPSA) is 73.6 Å². The summed E-state index contributed by atoms with van der Waals surface area (Å²) in [6.45, 7) is 3.87. The van der Waals surface area contributed by atoms with Crippen LogP contribution in [0.1, 0.15) is 28.8 Å². The monoisotopic (exact) mass is 377 g/mol. The van der Waals surface area contributed by atoms with E-state index in [1.807, 2.05) is 47.3 Å². The maximum Gasteiger partial charge on any atom is 0.234 e. The Hall–Kier alpha value is -1.74. The van der Waals surface area contributed by atoms with Crippen molar-refractivity contribution in [3.8, 4) is 0 Å². The van der Waals surface area contributed by atoms with Crippen LogP contribution in [0.25, 0.3) is 0 Å². The number of aromatic nitrogens is 2. The number of carbonyl (C=O) groups is 1. The first kappa shape index (κ1) is 19.0. The Kier molecular flexibility index (Phi) is 6.42. The molecule has 142 valence electrons. The van der Waals surface area contributed by atoms with Gasteiger partial charge in [-0.05, 0) is 38.0 Å². The van der Waals surface area contributed by atoms with Gasteiger partial charge in [-0.2, -0.15) is 5.10 Å². The molecule has 2 N–H and O–H groups in total. The van der Waals surface area contributed by atoms with Crippen LogP contribution in [0, 0.1) is 0 Å². The van der Waals surface area contributed by atoms with Crippen molar-refractivity contribution in [3.63, 3.8) is 0 Å². The number of hydrogen-bond donors (Lipinski definition) is 2. The van der Waals surface area contributed by atoms with Crippen molar-refractivity contribution < 1.29 is 9.90 Å². The van der Waals surface area contributed by atoms with Crippen LogP contribution in [0.4, 0.5) is 0 Å². The molecule has 26 heavy (non-hydrogen) atoms. The van der Waals surface area contributed by atoms with Gasteiger partial charge in [0.2, 0.25) is 5.91 Å². The number of amides is 1. The minimum absolute atomic E-state index is 0.0410. The quantitative estimate of drug-likeness (QED) is 0.755. The molecule has 3 rings (SSSR count). The molecule has 0 saturated carbocycles. The lowest BCUT2D eigenvalue weighted by Crippen LogP contribution is -2.36. The number of aliphatic hydroxyl groups excluding tert-OH is 1. The molecule has 0 unspecified atom stereocenters. The van der Waals surface area contributed by atoms with Gasteiger partial charge < -0.3 is 15.3 Å². The first-order chi connectivity index (χ1) is 12.5. The molecule has 1 aliphatic heterocycles. The maximum atomic E-state index is 12.2. The summed E-state index contributed by atoms with van der Waals surface area (Å²) < 4.78 is 1.97. The van der Waals surface area contributed by atoms with Crippen molar-refractivity contribution in [2.75, 3.05) is 33.7 Å². The highest BCUT2D eigenvalue weighted by Crippen LogP contribution is 2.18. The minimum atomic E-state index is -0.591. The summed E-state index contributed by atoms with van der Waals surface area (Å²) >= 11 is 1.65. The highest BCUT2D eigenvalue weighted by Gasteiger charge is 2.21. The van der Waals surface area contributed by atoms with Crippen molar-refractivity contribution in [3.05, 3.63) is 39.8 Å². The molecular weight excluding hydrogens is 350 g/mol. The van der Waals surface area contributed by atoms with Gasteiger partial charge in [-0.3, -0.25) is 14.4 Å². The number of hydrogen-bond acceptors (Lipinski definition) is 6. The third kappa shape index (κ3) is 5.14. The van der Waals surface area contributed by atoms with Gasteiger partial charge in [-0.25, -0.2) is 0 Å². The van der Waals surface area contributed by atoms with Crippen molar-refractivity contribution >= 4 is 17.2 Å². The summed E-state index contributed by atoms with van der Waals surface area (Å²) in [4.78, 5) is 17.5. The van der Waals surface area contributed by atoms with Gasteiger partial charge in [-0.15, -0.1) is 11.3 Å². The van der Waals surface area contributed by atoms with Gasteiger partial charge in [0.05, 0.1) is 24.5 Å². The third-order valence-electron chi connectivity index (χ3n) is 4.40. The number of fused-ring (bicyclic) bond motifs is 1. The lowest BCUT2D eigenvalue weighted by molar-refractivity contribution is -0.122. The van der Waals surface area contributed by atoms with Crippen LogP contribution >= 0.6 is 11.3 Å². The van der Waals surface area contributed by atoms with Crippen molar-refractivity contribution in [2.24, 2.45) is 0 Å². The first-order valence-corrected chi connectivity index (χ1v) is 9.80. The second kappa shape index (κ2) is 8.77. The SMILES string of the molecule is CN(C)C[C@H](O)c1cc2n(n1)CCCN(CC(=O)NCc1cccs1)C2. The van der Waals surface area contributed by atoms with Crippen molar-refractivity contribution in [1.29, 1.82) is 0 Å². The van der Waals surface area contributed by atoms with Crippen molar-refractivity contribution in [1.82, 2.24) is 24.9 Å². The zero-order valence-corrected chi connectivity index (χ0v) is 16.2. The molecule has 0 aromatic carbocycles. The molecule has 3 heterocycles. The summed E-state index contributed by atoms with van der Waals surface area (Å²) in [5.74, 6) is 0.0410. The minimum Gasteiger partial charge on any atom is -0.385 e. The zero-order chi connectivity index (χ0) is 18.5. The fraction of sp³-hybridized carbons (Fsp3) is 0.556. The Balaban J connectivity index is 1.56. The van der Waals surface area contributed by atoms with Crippen LogP contribution in [0.15, 0.2) is 23.6 Å². The molecular formula is C18H27N5O2S. The molecule has 1 aliphatic rings. The van der Waals surface area contributed by atoms with Gasteiger partial charge in [0.1, 0.15) is 6.10 Å². The number of rotatable bonds is 7. The molecule has 0 spiro atoms. The van der Waals surface area contributed by atoms with E-state index in [-0.39, 0.29) is 5.91 Å². The molecule has 0 saturated heterocycles. The summed E-state index contributed by atoms with van der Waals surface area (Å²) in [5.41, 5.74) is 1.76. The van der Waals surface area contributed by atoms with Gasteiger partial charge in [0.15, 0.2) is 0 Å². The molecule has 7 nitrogen and oxygen atoms in total. The highest BCUT2D eigenvalue weighted by molar-refractivity contribution is 7.09. The smallest absolute Gasteiger partial charge is 0.234 e. The van der Waals surface area contributed by atoms with Gasteiger partial charge in [0.25, 0.3) is 0 Å². The molecule has 0 radical (unpaired) electrons. The van der Waals surface area contributed by atoms with Crippen LogP contribution in [0.5, 0.6) is 0 Å². The van der Waals surface area contributed by atoms with E-state index in [2.05, 4.69) is 15.3 Å². The molecule has 0 bridgehead atoms. The molecule has 1 amide bonds. The van der Waals surface area contributed by atoms with Gasteiger partial charge >= 0.3 is 0 Å². The lowest BCUT2D eigenvalue weighted by atomic mass is 10.2. The molecule has 0 aliphatic carbocycles. The van der Waals surface area contributed by atoms with Gasteiger partial charge in [-0.1, -0.05) is 6.07 Å². The molecule has 2 aromatic rings. The van der Waals surface area contributed by atoms with E-state index in [0.29, 0.717) is 31.9 Å². The van der Waals surface area contributed by atoms with E-state index in [0.717, 1.165) is 30.1 Å². The van der Waals surface area contributed by atoms with Crippen LogP contribution in [-0.4, -0.2) is 64.3 Å². The summed E-state index contributed by atoms with van der Waals surface area (Å²) in [7, 11) is 3.86. The highest BCUT2D eigenvalue weighted by atomic mass is 32.1. The van der Waals surface area contributed by atoms with E-state index in [1.165, 1.54) is 0 Å². The Morgan fingerprint density at radius 1 is 1.46 bits per heavy atom. The van der Waals surface area contributed by atoms with Crippen LogP contribution in [0.2, 0.25) is 0 Å². The number of aryl methyl sites for hydroxylation is 1. The fourth-order valence-electron chi connectivity index (χ4n) is 3.15. The Bertz CT molecular complexity index is 713. The Morgan fingerprint density at radius 2 is 2.31 bits per heavy atom. The van der Waals surface area contributed by atoms with E-state index in [4.69, 9.17) is 0 Å². The summed E-state index contributed by atoms with van der Waals surface area (Å²) in [6, 6.07) is 5.98. The number of nitrogens with zero attached hydrogens (tertiary/aromatic N) is 4. The van der Waals surface area contributed by atoms with E-state index < -0.39 is 6.10 Å². The maximum absolute atomic E-state index is 12.2. The number of likely N-dealkylation sites (N-methyl/N-ethyl adjacent to an activating group) is 1. The Labute approximate surface area is 158 Å². The predicted molar refractivity (Wildman–Crippen MR) is 102 cm³/mol. The largest absolute Gasteiger partial charge is 0.385 e. The van der Waals surface area contributed by atoms with E-state index in [1.54, 1.807) is 11.3 Å². The first-order valence-electron chi connectivity index (χ1n) is 8.92.